The highest BCUT2D eigenvalue weighted by molar-refractivity contribution is 5.89. The standard InChI is InChI=1S/C14H19NO3/c1-2-17-14(16)12-3-5-13(6-4-12)18-10-11-7-8-15-9-11/h3-6,11,15H,2,7-10H2,1H3. The molecule has 1 aromatic carbocycles. The predicted molar refractivity (Wildman–Crippen MR) is 68.9 cm³/mol. The number of benzene rings is 1. The zero-order valence-electron chi connectivity index (χ0n) is 10.6. The molecule has 0 bridgehead atoms. The van der Waals surface area contributed by atoms with E-state index < -0.39 is 0 Å². The largest absolute Gasteiger partial charge is 0.493 e. The smallest absolute Gasteiger partial charge is 0.338 e. The Labute approximate surface area is 107 Å². The quantitative estimate of drug-likeness (QED) is 0.809. The lowest BCUT2D eigenvalue weighted by molar-refractivity contribution is 0.0526. The molecule has 1 aliphatic rings. The summed E-state index contributed by atoms with van der Waals surface area (Å²) in [6.07, 6.45) is 1.17. The Balaban J connectivity index is 1.85. The number of rotatable bonds is 5. The van der Waals surface area contributed by atoms with Crippen LogP contribution < -0.4 is 10.1 Å². The van der Waals surface area contributed by atoms with Crippen molar-refractivity contribution in [2.75, 3.05) is 26.3 Å². The average molecular weight is 249 g/mol. The van der Waals surface area contributed by atoms with Gasteiger partial charge in [-0.1, -0.05) is 0 Å². The van der Waals surface area contributed by atoms with Gasteiger partial charge in [0.15, 0.2) is 0 Å². The first-order valence-electron chi connectivity index (χ1n) is 6.40. The predicted octanol–water partition coefficient (Wildman–Crippen LogP) is 1.85. The molecule has 98 valence electrons. The topological polar surface area (TPSA) is 47.6 Å². The molecule has 4 heteroatoms. The summed E-state index contributed by atoms with van der Waals surface area (Å²) in [7, 11) is 0. The highest BCUT2D eigenvalue weighted by Crippen LogP contribution is 2.15. The van der Waals surface area contributed by atoms with E-state index in [0.29, 0.717) is 18.1 Å². The molecule has 1 heterocycles. The van der Waals surface area contributed by atoms with Crippen LogP contribution in [0.4, 0.5) is 0 Å². The monoisotopic (exact) mass is 249 g/mol. The van der Waals surface area contributed by atoms with Crippen LogP contribution in [0, 0.1) is 5.92 Å². The molecular formula is C14H19NO3. The van der Waals surface area contributed by atoms with Crippen molar-refractivity contribution in [3.05, 3.63) is 29.8 Å². The van der Waals surface area contributed by atoms with Gasteiger partial charge in [-0.05, 0) is 44.2 Å². The Hall–Kier alpha value is -1.55. The second kappa shape index (κ2) is 6.40. The first kappa shape index (κ1) is 12.9. The zero-order chi connectivity index (χ0) is 12.8. The van der Waals surface area contributed by atoms with Crippen LogP contribution in [0.25, 0.3) is 0 Å². The van der Waals surface area contributed by atoms with E-state index in [9.17, 15) is 4.79 Å². The van der Waals surface area contributed by atoms with Gasteiger partial charge in [0, 0.05) is 12.5 Å². The number of nitrogens with one attached hydrogen (secondary N) is 1. The summed E-state index contributed by atoms with van der Waals surface area (Å²) in [4.78, 5) is 11.5. The fraction of sp³-hybridized carbons (Fsp3) is 0.500. The minimum atomic E-state index is -0.288. The van der Waals surface area contributed by atoms with Gasteiger partial charge in [0.05, 0.1) is 18.8 Å². The molecule has 1 unspecified atom stereocenters. The average Bonchev–Trinajstić information content (AvgIpc) is 2.90. The maximum Gasteiger partial charge on any atom is 0.338 e. The SMILES string of the molecule is CCOC(=O)c1ccc(OCC2CCNC2)cc1. The molecule has 0 aromatic heterocycles. The van der Waals surface area contributed by atoms with Crippen LogP contribution in [0.2, 0.25) is 0 Å². The van der Waals surface area contributed by atoms with E-state index in [0.717, 1.165) is 25.4 Å². The number of ether oxygens (including phenoxy) is 2. The van der Waals surface area contributed by atoms with Crippen molar-refractivity contribution < 1.29 is 14.3 Å². The van der Waals surface area contributed by atoms with Crippen molar-refractivity contribution in [1.82, 2.24) is 5.32 Å². The molecule has 1 fully saturated rings. The first-order chi connectivity index (χ1) is 8.79. The van der Waals surface area contributed by atoms with Crippen molar-refractivity contribution in [3.63, 3.8) is 0 Å². The summed E-state index contributed by atoms with van der Waals surface area (Å²) in [5.41, 5.74) is 0.562. The molecule has 0 radical (unpaired) electrons. The normalized spacial score (nSPS) is 18.6. The van der Waals surface area contributed by atoms with Crippen LogP contribution >= 0.6 is 0 Å². The molecular weight excluding hydrogens is 230 g/mol. The van der Waals surface area contributed by atoms with Gasteiger partial charge in [0.25, 0.3) is 0 Å². The van der Waals surface area contributed by atoms with Crippen LogP contribution in [-0.2, 0) is 4.74 Å². The summed E-state index contributed by atoms with van der Waals surface area (Å²) in [5, 5.41) is 3.31. The van der Waals surface area contributed by atoms with E-state index in [-0.39, 0.29) is 5.97 Å². The second-order valence-corrected chi connectivity index (χ2v) is 4.41. The molecule has 1 aromatic rings. The molecule has 2 rings (SSSR count). The van der Waals surface area contributed by atoms with E-state index in [4.69, 9.17) is 9.47 Å². The van der Waals surface area contributed by atoms with Crippen molar-refractivity contribution in [2.24, 2.45) is 5.92 Å². The molecule has 4 nitrogen and oxygen atoms in total. The van der Waals surface area contributed by atoms with Gasteiger partial charge in [-0.2, -0.15) is 0 Å². The Morgan fingerprint density at radius 3 is 2.78 bits per heavy atom. The maximum atomic E-state index is 11.5. The molecule has 1 atom stereocenters. The minimum absolute atomic E-state index is 0.288. The number of carbonyl (C=O) groups is 1. The highest BCUT2D eigenvalue weighted by Gasteiger charge is 2.15. The highest BCUT2D eigenvalue weighted by atomic mass is 16.5. The van der Waals surface area contributed by atoms with Gasteiger partial charge in [0.2, 0.25) is 0 Å². The lowest BCUT2D eigenvalue weighted by Crippen LogP contribution is -2.15. The first-order valence-corrected chi connectivity index (χ1v) is 6.40. The van der Waals surface area contributed by atoms with E-state index in [2.05, 4.69) is 5.32 Å². The molecule has 0 spiro atoms. The Morgan fingerprint density at radius 1 is 1.39 bits per heavy atom. The van der Waals surface area contributed by atoms with Crippen LogP contribution in [0.1, 0.15) is 23.7 Å². The fourth-order valence-electron chi connectivity index (χ4n) is 1.97. The van der Waals surface area contributed by atoms with Gasteiger partial charge in [-0.15, -0.1) is 0 Å². The van der Waals surface area contributed by atoms with Crippen molar-refractivity contribution in [3.8, 4) is 5.75 Å². The molecule has 1 saturated heterocycles. The molecule has 1 aliphatic heterocycles. The van der Waals surface area contributed by atoms with Crippen molar-refractivity contribution in [2.45, 2.75) is 13.3 Å². The number of hydrogen-bond acceptors (Lipinski definition) is 4. The third kappa shape index (κ3) is 3.47. The minimum Gasteiger partial charge on any atom is -0.493 e. The molecule has 18 heavy (non-hydrogen) atoms. The third-order valence-corrected chi connectivity index (χ3v) is 3.01. The fourth-order valence-corrected chi connectivity index (χ4v) is 1.97. The summed E-state index contributed by atoms with van der Waals surface area (Å²) < 4.78 is 10.6. The van der Waals surface area contributed by atoms with Gasteiger partial charge in [-0.25, -0.2) is 4.79 Å². The van der Waals surface area contributed by atoms with Crippen LogP contribution in [0.15, 0.2) is 24.3 Å². The van der Waals surface area contributed by atoms with Crippen molar-refractivity contribution in [1.29, 1.82) is 0 Å². The van der Waals surface area contributed by atoms with E-state index >= 15 is 0 Å². The van der Waals surface area contributed by atoms with Crippen LogP contribution in [0.3, 0.4) is 0 Å². The van der Waals surface area contributed by atoms with Crippen molar-refractivity contribution >= 4 is 5.97 Å². The second-order valence-electron chi connectivity index (χ2n) is 4.41. The molecule has 1 N–H and O–H groups in total. The van der Waals surface area contributed by atoms with E-state index in [1.165, 1.54) is 6.42 Å². The van der Waals surface area contributed by atoms with Gasteiger partial charge in [0.1, 0.15) is 5.75 Å². The molecule has 0 saturated carbocycles. The lowest BCUT2D eigenvalue weighted by Gasteiger charge is -2.11. The van der Waals surface area contributed by atoms with Gasteiger partial charge in [-0.3, -0.25) is 0 Å². The number of esters is 1. The lowest BCUT2D eigenvalue weighted by atomic mass is 10.1. The summed E-state index contributed by atoms with van der Waals surface area (Å²) in [6.45, 7) is 5.03. The van der Waals surface area contributed by atoms with Crippen LogP contribution in [0.5, 0.6) is 5.75 Å². The summed E-state index contributed by atoms with van der Waals surface area (Å²) in [6, 6.07) is 7.10. The number of carbonyl (C=O) groups excluding carboxylic acids is 1. The Bertz CT molecular complexity index is 383. The summed E-state index contributed by atoms with van der Waals surface area (Å²) in [5.74, 6) is 1.11. The third-order valence-electron chi connectivity index (χ3n) is 3.01. The summed E-state index contributed by atoms with van der Waals surface area (Å²) >= 11 is 0. The maximum absolute atomic E-state index is 11.5. The molecule has 0 amide bonds. The van der Waals surface area contributed by atoms with Gasteiger partial charge < -0.3 is 14.8 Å². The number of hydrogen-bond donors (Lipinski definition) is 1. The van der Waals surface area contributed by atoms with Crippen LogP contribution in [-0.4, -0.2) is 32.3 Å². The Morgan fingerprint density at radius 2 is 2.17 bits per heavy atom. The molecule has 0 aliphatic carbocycles. The van der Waals surface area contributed by atoms with E-state index in [1.807, 2.05) is 12.1 Å². The Kier molecular flexibility index (Phi) is 4.59. The van der Waals surface area contributed by atoms with Gasteiger partial charge >= 0.3 is 5.97 Å². The zero-order valence-corrected chi connectivity index (χ0v) is 10.6. The van der Waals surface area contributed by atoms with E-state index in [1.54, 1.807) is 19.1 Å².